The summed E-state index contributed by atoms with van der Waals surface area (Å²) in [5, 5.41) is 0.596. The second kappa shape index (κ2) is 8.78. The zero-order valence-corrected chi connectivity index (χ0v) is 17.3. The molecule has 0 aromatic heterocycles. The molecule has 0 aromatic rings. The molecule has 0 saturated carbocycles. The van der Waals surface area contributed by atoms with Gasteiger partial charge in [0.15, 0.2) is 0 Å². The third kappa shape index (κ3) is 5.88. The SMILES string of the molecule is CC(C)=C/C(C)=C(\C)C1CC=C(/C(C)=C(C)/C=C(\C)C(C)C)S1. The van der Waals surface area contributed by atoms with Gasteiger partial charge in [0.2, 0.25) is 0 Å². The second-order valence-electron chi connectivity index (χ2n) is 7.35. The predicted molar refractivity (Wildman–Crippen MR) is 109 cm³/mol. The Hall–Kier alpha value is -0.950. The molecule has 0 fully saturated rings. The molecule has 1 aliphatic rings. The van der Waals surface area contributed by atoms with E-state index in [0.717, 1.165) is 6.42 Å². The van der Waals surface area contributed by atoms with Gasteiger partial charge < -0.3 is 0 Å². The number of allylic oxidation sites excluding steroid dienone is 8. The third-order valence-corrected chi connectivity index (χ3v) is 6.27. The van der Waals surface area contributed by atoms with Crippen molar-refractivity contribution in [3.63, 3.8) is 0 Å². The Kier molecular flexibility index (Phi) is 7.67. The highest BCUT2D eigenvalue weighted by atomic mass is 32.2. The van der Waals surface area contributed by atoms with Crippen molar-refractivity contribution in [1.82, 2.24) is 0 Å². The first-order valence-electron chi connectivity index (χ1n) is 8.68. The van der Waals surface area contributed by atoms with Crippen LogP contribution in [0.15, 0.2) is 56.6 Å². The Morgan fingerprint density at radius 1 is 1.00 bits per heavy atom. The highest BCUT2D eigenvalue weighted by Crippen LogP contribution is 2.42. The van der Waals surface area contributed by atoms with E-state index in [1.54, 1.807) is 0 Å². The summed E-state index contributed by atoms with van der Waals surface area (Å²) in [5.74, 6) is 0.618. The lowest BCUT2D eigenvalue weighted by Crippen LogP contribution is -2.01. The average molecular weight is 331 g/mol. The Bertz CT molecular complexity index is 587. The molecule has 128 valence electrons. The smallest absolute Gasteiger partial charge is 0.0341 e. The summed E-state index contributed by atoms with van der Waals surface area (Å²) in [6.45, 7) is 20.1. The van der Waals surface area contributed by atoms with E-state index < -0.39 is 0 Å². The second-order valence-corrected chi connectivity index (χ2v) is 8.59. The molecule has 23 heavy (non-hydrogen) atoms. The zero-order chi connectivity index (χ0) is 17.7. The molecular weight excluding hydrogens is 296 g/mol. The standard InChI is InChI=1S/C22H34S/c1-14(2)12-17(6)19(8)21-10-11-22(23-21)20(9)18(7)13-16(5)15(3)4/h11-13,15,21H,10H2,1-9H3/b16-13+,19-17+,20-18+. The van der Waals surface area contributed by atoms with Crippen molar-refractivity contribution >= 4 is 11.8 Å². The van der Waals surface area contributed by atoms with Crippen LogP contribution in [0.1, 0.15) is 68.7 Å². The lowest BCUT2D eigenvalue weighted by atomic mass is 10.00. The fraction of sp³-hybridized carbons (Fsp3) is 0.545. The Morgan fingerprint density at radius 2 is 1.61 bits per heavy atom. The minimum atomic E-state index is 0.596. The molecule has 0 amide bonds. The van der Waals surface area contributed by atoms with Crippen molar-refractivity contribution in [3.8, 4) is 0 Å². The summed E-state index contributed by atoms with van der Waals surface area (Å²) in [6, 6.07) is 0. The maximum absolute atomic E-state index is 2.42. The largest absolute Gasteiger partial charge is 0.118 e. The fourth-order valence-electron chi connectivity index (χ4n) is 2.58. The summed E-state index contributed by atoms with van der Waals surface area (Å²) < 4.78 is 0. The van der Waals surface area contributed by atoms with Gasteiger partial charge in [-0.2, -0.15) is 0 Å². The van der Waals surface area contributed by atoms with Crippen LogP contribution in [0, 0.1) is 5.92 Å². The molecule has 0 nitrogen and oxygen atoms in total. The van der Waals surface area contributed by atoms with Crippen molar-refractivity contribution in [3.05, 3.63) is 56.6 Å². The minimum Gasteiger partial charge on any atom is -0.118 e. The quantitative estimate of drug-likeness (QED) is 0.467. The molecule has 0 radical (unpaired) electrons. The maximum atomic E-state index is 2.42. The van der Waals surface area contributed by atoms with Gasteiger partial charge >= 0.3 is 0 Å². The summed E-state index contributed by atoms with van der Waals surface area (Å²) >= 11 is 2.03. The van der Waals surface area contributed by atoms with Crippen molar-refractivity contribution in [2.24, 2.45) is 5.92 Å². The van der Waals surface area contributed by atoms with Crippen LogP contribution in [0.5, 0.6) is 0 Å². The molecule has 0 spiro atoms. The highest BCUT2D eigenvalue weighted by molar-refractivity contribution is 8.04. The van der Waals surface area contributed by atoms with Crippen molar-refractivity contribution < 1.29 is 0 Å². The van der Waals surface area contributed by atoms with E-state index >= 15 is 0 Å². The van der Waals surface area contributed by atoms with Crippen LogP contribution in [0.25, 0.3) is 0 Å². The van der Waals surface area contributed by atoms with Gasteiger partial charge in [0.1, 0.15) is 0 Å². The highest BCUT2D eigenvalue weighted by Gasteiger charge is 2.21. The molecule has 1 aliphatic heterocycles. The van der Waals surface area contributed by atoms with Crippen molar-refractivity contribution in [2.45, 2.75) is 74.0 Å². The van der Waals surface area contributed by atoms with E-state index in [0.29, 0.717) is 11.2 Å². The Morgan fingerprint density at radius 3 is 2.13 bits per heavy atom. The number of hydrogen-bond acceptors (Lipinski definition) is 1. The van der Waals surface area contributed by atoms with E-state index in [1.165, 1.54) is 38.3 Å². The lowest BCUT2D eigenvalue weighted by molar-refractivity contribution is 0.768. The monoisotopic (exact) mass is 330 g/mol. The molecule has 0 aliphatic carbocycles. The van der Waals surface area contributed by atoms with Gasteiger partial charge in [-0.15, -0.1) is 11.8 Å². The van der Waals surface area contributed by atoms with Gasteiger partial charge in [-0.05, 0) is 72.0 Å². The van der Waals surface area contributed by atoms with Crippen molar-refractivity contribution in [1.29, 1.82) is 0 Å². The van der Waals surface area contributed by atoms with Gasteiger partial charge in [0, 0.05) is 10.2 Å². The molecule has 1 atom stereocenters. The van der Waals surface area contributed by atoms with Gasteiger partial charge in [0.05, 0.1) is 0 Å². The van der Waals surface area contributed by atoms with Gasteiger partial charge in [-0.25, -0.2) is 0 Å². The van der Waals surface area contributed by atoms with E-state index in [9.17, 15) is 0 Å². The summed E-state index contributed by atoms with van der Waals surface area (Å²) in [5.41, 5.74) is 8.60. The molecule has 0 bridgehead atoms. The molecular formula is C22H34S. The minimum absolute atomic E-state index is 0.596. The van der Waals surface area contributed by atoms with E-state index in [-0.39, 0.29) is 0 Å². The summed E-state index contributed by atoms with van der Waals surface area (Å²) in [6.07, 6.45) is 8.23. The third-order valence-electron chi connectivity index (χ3n) is 4.71. The average Bonchev–Trinajstić information content (AvgIpc) is 2.94. The fourth-order valence-corrected chi connectivity index (χ4v) is 3.97. The first-order valence-corrected chi connectivity index (χ1v) is 9.56. The summed E-state index contributed by atoms with van der Waals surface area (Å²) in [4.78, 5) is 1.46. The summed E-state index contributed by atoms with van der Waals surface area (Å²) in [7, 11) is 0. The van der Waals surface area contributed by atoms with Crippen LogP contribution in [-0.2, 0) is 0 Å². The van der Waals surface area contributed by atoms with Crippen LogP contribution in [0.3, 0.4) is 0 Å². The number of rotatable bonds is 5. The molecule has 0 saturated heterocycles. The maximum Gasteiger partial charge on any atom is 0.0341 e. The molecule has 0 N–H and O–H groups in total. The van der Waals surface area contributed by atoms with Crippen LogP contribution in [0.4, 0.5) is 0 Å². The van der Waals surface area contributed by atoms with Crippen molar-refractivity contribution in [2.75, 3.05) is 0 Å². The van der Waals surface area contributed by atoms with Crippen LogP contribution in [-0.4, -0.2) is 5.25 Å². The first-order chi connectivity index (χ1) is 10.6. The Balaban J connectivity index is 2.92. The van der Waals surface area contributed by atoms with Gasteiger partial charge in [0.25, 0.3) is 0 Å². The van der Waals surface area contributed by atoms with E-state index in [2.05, 4.69) is 80.5 Å². The topological polar surface area (TPSA) is 0 Å². The molecule has 1 unspecified atom stereocenters. The normalized spacial score (nSPS) is 21.0. The molecule has 1 heteroatoms. The zero-order valence-electron chi connectivity index (χ0n) is 16.5. The lowest BCUT2D eigenvalue weighted by Gasteiger charge is -2.15. The van der Waals surface area contributed by atoms with E-state index in [4.69, 9.17) is 0 Å². The van der Waals surface area contributed by atoms with Gasteiger partial charge in [-0.3, -0.25) is 0 Å². The molecule has 1 rings (SSSR count). The molecule has 1 heterocycles. The van der Waals surface area contributed by atoms with E-state index in [1.807, 2.05) is 11.8 Å². The van der Waals surface area contributed by atoms with Gasteiger partial charge in [-0.1, -0.05) is 54.4 Å². The number of hydrogen-bond donors (Lipinski definition) is 0. The number of thioether (sulfide) groups is 1. The van der Waals surface area contributed by atoms with Crippen LogP contribution < -0.4 is 0 Å². The first kappa shape index (κ1) is 20.1. The van der Waals surface area contributed by atoms with Crippen LogP contribution >= 0.6 is 11.8 Å². The van der Waals surface area contributed by atoms with Crippen LogP contribution in [0.2, 0.25) is 0 Å². The Labute approximate surface area is 148 Å². The predicted octanol–water partition coefficient (Wildman–Crippen LogP) is 7.62. The molecule has 0 aromatic carbocycles.